The molecule has 0 saturated heterocycles. The Morgan fingerprint density at radius 3 is 2.58 bits per heavy atom. The van der Waals surface area contributed by atoms with Gasteiger partial charge in [0.2, 0.25) is 0 Å². The van der Waals surface area contributed by atoms with E-state index in [2.05, 4.69) is 10.6 Å². The average Bonchev–Trinajstić information content (AvgIpc) is 2.32. The summed E-state index contributed by atoms with van der Waals surface area (Å²) in [5.41, 5.74) is 0.377. The van der Waals surface area contributed by atoms with E-state index in [9.17, 15) is 9.59 Å². The third-order valence-corrected chi connectivity index (χ3v) is 2.72. The van der Waals surface area contributed by atoms with Gasteiger partial charge in [0.1, 0.15) is 0 Å². The quantitative estimate of drug-likeness (QED) is 0.668. The molecule has 0 bridgehead atoms. The molecule has 0 aliphatic rings. The summed E-state index contributed by atoms with van der Waals surface area (Å²) in [6.07, 6.45) is -1.59. The number of hydrogen-bond acceptors (Lipinski definition) is 3. The van der Waals surface area contributed by atoms with Gasteiger partial charge in [-0.3, -0.25) is 0 Å². The number of aliphatic carboxylic acids is 1. The Morgan fingerprint density at radius 1 is 1.32 bits per heavy atom. The first-order chi connectivity index (χ1) is 8.90. The smallest absolute Gasteiger partial charge is 0.332 e. The highest BCUT2D eigenvalue weighted by Crippen LogP contribution is 2.25. The number of halogens is 2. The number of carbonyl (C=O) groups is 2. The molecule has 0 fully saturated rings. The minimum Gasteiger partial charge on any atom is -0.479 e. The maximum atomic E-state index is 11.5. The Labute approximate surface area is 119 Å². The van der Waals surface area contributed by atoms with Crippen molar-refractivity contribution in [3.63, 3.8) is 0 Å². The molecular formula is C11H12Cl2N2O4. The van der Waals surface area contributed by atoms with Crippen molar-refractivity contribution in [1.29, 1.82) is 0 Å². The van der Waals surface area contributed by atoms with Gasteiger partial charge in [0.05, 0.1) is 10.7 Å². The molecule has 0 aliphatic carbocycles. The van der Waals surface area contributed by atoms with Gasteiger partial charge in [-0.05, 0) is 18.2 Å². The fourth-order valence-corrected chi connectivity index (χ4v) is 1.66. The number of amides is 2. The Kier molecular flexibility index (Phi) is 5.88. The number of urea groups is 1. The van der Waals surface area contributed by atoms with E-state index in [0.29, 0.717) is 10.7 Å². The second kappa shape index (κ2) is 7.18. The van der Waals surface area contributed by atoms with E-state index in [1.54, 1.807) is 6.07 Å². The molecule has 0 aliphatic heterocycles. The molecule has 1 aromatic carbocycles. The van der Waals surface area contributed by atoms with Crippen LogP contribution in [0.1, 0.15) is 6.42 Å². The van der Waals surface area contributed by atoms with Crippen LogP contribution in [-0.2, 0) is 4.79 Å². The molecule has 8 heteroatoms. The number of aliphatic hydroxyl groups is 1. The molecular weight excluding hydrogens is 295 g/mol. The van der Waals surface area contributed by atoms with Crippen LogP contribution in [0.3, 0.4) is 0 Å². The Hall–Kier alpha value is -1.50. The van der Waals surface area contributed by atoms with Gasteiger partial charge in [0.15, 0.2) is 6.10 Å². The highest BCUT2D eigenvalue weighted by molar-refractivity contribution is 6.36. The topological polar surface area (TPSA) is 98.7 Å². The molecule has 104 valence electrons. The van der Waals surface area contributed by atoms with Crippen molar-refractivity contribution >= 4 is 40.9 Å². The number of nitrogens with one attached hydrogen (secondary N) is 2. The molecule has 0 aromatic heterocycles. The van der Waals surface area contributed by atoms with Gasteiger partial charge in [-0.15, -0.1) is 0 Å². The molecule has 1 rings (SSSR count). The molecule has 0 saturated carbocycles. The number of benzene rings is 1. The van der Waals surface area contributed by atoms with Crippen LogP contribution in [0.4, 0.5) is 10.5 Å². The van der Waals surface area contributed by atoms with Crippen molar-refractivity contribution < 1.29 is 19.8 Å². The van der Waals surface area contributed by atoms with E-state index in [-0.39, 0.29) is 18.0 Å². The minimum absolute atomic E-state index is 0.0184. The second-order valence-corrected chi connectivity index (χ2v) is 4.49. The summed E-state index contributed by atoms with van der Waals surface area (Å²) in [7, 11) is 0. The summed E-state index contributed by atoms with van der Waals surface area (Å²) in [6.45, 7) is 0.0184. The fourth-order valence-electron chi connectivity index (χ4n) is 1.20. The van der Waals surface area contributed by atoms with Crippen molar-refractivity contribution in [2.45, 2.75) is 12.5 Å². The van der Waals surface area contributed by atoms with Gasteiger partial charge in [0, 0.05) is 18.0 Å². The van der Waals surface area contributed by atoms with Crippen LogP contribution >= 0.6 is 23.2 Å². The molecule has 2 amide bonds. The number of hydrogen-bond donors (Lipinski definition) is 4. The van der Waals surface area contributed by atoms with Crippen LogP contribution in [0.15, 0.2) is 18.2 Å². The summed E-state index contributed by atoms with van der Waals surface area (Å²) in [5.74, 6) is -1.33. The van der Waals surface area contributed by atoms with Gasteiger partial charge in [-0.25, -0.2) is 9.59 Å². The zero-order chi connectivity index (χ0) is 14.4. The first-order valence-electron chi connectivity index (χ1n) is 5.31. The lowest BCUT2D eigenvalue weighted by atomic mass is 10.2. The van der Waals surface area contributed by atoms with Crippen molar-refractivity contribution in [2.24, 2.45) is 0 Å². The lowest BCUT2D eigenvalue weighted by molar-refractivity contribution is -0.146. The molecule has 4 N–H and O–H groups in total. The first-order valence-corrected chi connectivity index (χ1v) is 6.06. The number of anilines is 1. The van der Waals surface area contributed by atoms with E-state index in [1.807, 2.05) is 0 Å². The molecule has 0 radical (unpaired) electrons. The zero-order valence-corrected chi connectivity index (χ0v) is 11.2. The van der Waals surface area contributed by atoms with Gasteiger partial charge < -0.3 is 20.8 Å². The van der Waals surface area contributed by atoms with Crippen molar-refractivity contribution in [3.8, 4) is 0 Å². The fraction of sp³-hybridized carbons (Fsp3) is 0.273. The standard InChI is InChI=1S/C11H12Cl2N2O4/c12-6-1-2-8(7(13)5-6)15-11(19)14-4-3-9(16)10(17)18/h1-2,5,9,16H,3-4H2,(H,17,18)(H2,14,15,19)/t9-/m0/s1. The monoisotopic (exact) mass is 306 g/mol. The number of aliphatic hydroxyl groups excluding tert-OH is 1. The van der Waals surface area contributed by atoms with E-state index < -0.39 is 18.1 Å². The van der Waals surface area contributed by atoms with E-state index >= 15 is 0 Å². The second-order valence-electron chi connectivity index (χ2n) is 3.65. The molecule has 0 spiro atoms. The lowest BCUT2D eigenvalue weighted by Gasteiger charge is -2.10. The Balaban J connectivity index is 2.41. The lowest BCUT2D eigenvalue weighted by Crippen LogP contribution is -2.33. The molecule has 19 heavy (non-hydrogen) atoms. The summed E-state index contributed by atoms with van der Waals surface area (Å²) >= 11 is 11.6. The Morgan fingerprint density at radius 2 is 2.00 bits per heavy atom. The molecule has 1 atom stereocenters. The highest BCUT2D eigenvalue weighted by atomic mass is 35.5. The molecule has 0 unspecified atom stereocenters. The SMILES string of the molecule is O=C(NCC[C@H](O)C(=O)O)Nc1ccc(Cl)cc1Cl. The normalized spacial score (nSPS) is 11.7. The van der Waals surface area contributed by atoms with E-state index in [1.165, 1.54) is 12.1 Å². The molecule has 1 aromatic rings. The molecule has 0 heterocycles. The van der Waals surface area contributed by atoms with E-state index in [0.717, 1.165) is 0 Å². The summed E-state index contributed by atoms with van der Waals surface area (Å²) < 4.78 is 0. The maximum absolute atomic E-state index is 11.5. The van der Waals surface area contributed by atoms with Crippen LogP contribution in [0.2, 0.25) is 10.0 Å². The van der Waals surface area contributed by atoms with E-state index in [4.69, 9.17) is 33.4 Å². The highest BCUT2D eigenvalue weighted by Gasteiger charge is 2.13. The number of carbonyl (C=O) groups excluding carboxylic acids is 1. The van der Waals surface area contributed by atoms with Crippen LogP contribution in [0.5, 0.6) is 0 Å². The predicted octanol–water partition coefficient (Wildman–Crippen LogP) is 1.95. The van der Waals surface area contributed by atoms with Crippen molar-refractivity contribution in [3.05, 3.63) is 28.2 Å². The number of carboxylic acid groups (broad SMARTS) is 1. The van der Waals surface area contributed by atoms with Gasteiger partial charge >= 0.3 is 12.0 Å². The predicted molar refractivity (Wildman–Crippen MR) is 71.7 cm³/mol. The zero-order valence-electron chi connectivity index (χ0n) is 9.69. The van der Waals surface area contributed by atoms with Crippen LogP contribution in [0, 0.1) is 0 Å². The van der Waals surface area contributed by atoms with Crippen molar-refractivity contribution in [1.82, 2.24) is 5.32 Å². The number of rotatable bonds is 5. The van der Waals surface area contributed by atoms with Crippen LogP contribution in [-0.4, -0.2) is 34.9 Å². The first kappa shape index (κ1) is 15.6. The summed E-state index contributed by atoms with van der Waals surface area (Å²) in [4.78, 5) is 21.8. The van der Waals surface area contributed by atoms with Crippen LogP contribution < -0.4 is 10.6 Å². The summed E-state index contributed by atoms with van der Waals surface area (Å²) in [6, 6.07) is 4.03. The third-order valence-electron chi connectivity index (χ3n) is 2.17. The van der Waals surface area contributed by atoms with Gasteiger partial charge in [-0.2, -0.15) is 0 Å². The molecule has 6 nitrogen and oxygen atoms in total. The summed E-state index contributed by atoms with van der Waals surface area (Å²) in [5, 5.41) is 23.0. The number of carboxylic acids is 1. The largest absolute Gasteiger partial charge is 0.479 e. The maximum Gasteiger partial charge on any atom is 0.332 e. The third kappa shape index (κ3) is 5.34. The van der Waals surface area contributed by atoms with Crippen molar-refractivity contribution in [2.75, 3.05) is 11.9 Å². The van der Waals surface area contributed by atoms with Crippen LogP contribution in [0.25, 0.3) is 0 Å². The Bertz CT molecular complexity index is 482. The average molecular weight is 307 g/mol. The minimum atomic E-state index is -1.50. The van der Waals surface area contributed by atoms with Gasteiger partial charge in [-0.1, -0.05) is 23.2 Å². The van der Waals surface area contributed by atoms with Gasteiger partial charge in [0.25, 0.3) is 0 Å².